The van der Waals surface area contributed by atoms with E-state index in [4.69, 9.17) is 0 Å². The van der Waals surface area contributed by atoms with Gasteiger partial charge in [0.2, 0.25) is 0 Å². The van der Waals surface area contributed by atoms with Crippen molar-refractivity contribution in [3.63, 3.8) is 0 Å². The first kappa shape index (κ1) is 9.55. The predicted octanol–water partition coefficient (Wildman–Crippen LogP) is 1.86. The Hall–Kier alpha value is -1.00. The van der Waals surface area contributed by atoms with Gasteiger partial charge in [-0.05, 0) is 30.7 Å². The van der Waals surface area contributed by atoms with Crippen molar-refractivity contribution in [2.24, 2.45) is 0 Å². The van der Waals surface area contributed by atoms with Crippen LogP contribution in [0.1, 0.15) is 16.8 Å². The van der Waals surface area contributed by atoms with Crippen LogP contribution in [0.15, 0.2) is 24.3 Å². The summed E-state index contributed by atoms with van der Waals surface area (Å²) in [5, 5.41) is 0. The normalized spacial score (nSPS) is 16.7. The third kappa shape index (κ3) is 2.08. The van der Waals surface area contributed by atoms with Gasteiger partial charge in [-0.15, -0.1) is 0 Å². The van der Waals surface area contributed by atoms with E-state index < -0.39 is 0 Å². The zero-order chi connectivity index (χ0) is 9.80. The standard InChI is InChI=1S/C10H12N2OS/c13-8-9-2-4-10(5-3-9)12-7-1-6-11-14-12/h2-5,8,11H,1,6-7H2. The Kier molecular flexibility index (Phi) is 3.06. The Balaban J connectivity index is 2.11. The Morgan fingerprint density at radius 2 is 2.14 bits per heavy atom. The molecular formula is C10H12N2OS. The molecule has 14 heavy (non-hydrogen) atoms. The lowest BCUT2D eigenvalue weighted by Crippen LogP contribution is -2.29. The lowest BCUT2D eigenvalue weighted by molar-refractivity contribution is 0.112. The van der Waals surface area contributed by atoms with Crippen molar-refractivity contribution in [2.45, 2.75) is 6.42 Å². The van der Waals surface area contributed by atoms with Gasteiger partial charge < -0.3 is 4.31 Å². The molecule has 1 aliphatic rings. The summed E-state index contributed by atoms with van der Waals surface area (Å²) in [5.74, 6) is 0. The molecule has 4 heteroatoms. The van der Waals surface area contributed by atoms with E-state index in [0.29, 0.717) is 0 Å². The average Bonchev–Trinajstić information content (AvgIpc) is 2.30. The molecule has 1 aromatic rings. The SMILES string of the molecule is O=Cc1ccc(N2CCCNS2)cc1. The quantitative estimate of drug-likeness (QED) is 0.594. The maximum Gasteiger partial charge on any atom is 0.150 e. The maximum absolute atomic E-state index is 10.5. The second-order valence-electron chi connectivity index (χ2n) is 3.15. The monoisotopic (exact) mass is 208 g/mol. The number of carbonyl (C=O) groups is 1. The number of hydrogen-bond acceptors (Lipinski definition) is 4. The van der Waals surface area contributed by atoms with Crippen LogP contribution < -0.4 is 9.03 Å². The Morgan fingerprint density at radius 1 is 1.36 bits per heavy atom. The smallest absolute Gasteiger partial charge is 0.150 e. The topological polar surface area (TPSA) is 32.3 Å². The van der Waals surface area contributed by atoms with Crippen LogP contribution in [0, 0.1) is 0 Å². The van der Waals surface area contributed by atoms with Crippen molar-refractivity contribution in [3.8, 4) is 0 Å². The third-order valence-electron chi connectivity index (χ3n) is 2.13. The van der Waals surface area contributed by atoms with E-state index in [1.807, 2.05) is 24.3 Å². The fourth-order valence-electron chi connectivity index (χ4n) is 1.36. The van der Waals surface area contributed by atoms with E-state index in [9.17, 15) is 4.79 Å². The van der Waals surface area contributed by atoms with Crippen molar-refractivity contribution in [3.05, 3.63) is 29.8 Å². The molecule has 0 saturated carbocycles. The van der Waals surface area contributed by atoms with Gasteiger partial charge in [0.15, 0.2) is 0 Å². The molecule has 0 aliphatic carbocycles. The molecule has 1 aliphatic heterocycles. The van der Waals surface area contributed by atoms with Crippen LogP contribution in [0.4, 0.5) is 5.69 Å². The number of aldehydes is 1. The third-order valence-corrected chi connectivity index (χ3v) is 3.08. The molecule has 0 spiro atoms. The number of nitrogens with zero attached hydrogens (tertiary/aromatic N) is 1. The van der Waals surface area contributed by atoms with Crippen LogP contribution in [0.25, 0.3) is 0 Å². The molecular weight excluding hydrogens is 196 g/mol. The maximum atomic E-state index is 10.5. The number of anilines is 1. The average molecular weight is 208 g/mol. The second kappa shape index (κ2) is 4.48. The molecule has 0 aromatic heterocycles. The summed E-state index contributed by atoms with van der Waals surface area (Å²) >= 11 is 1.62. The fraction of sp³-hybridized carbons (Fsp3) is 0.300. The molecule has 0 amide bonds. The van der Waals surface area contributed by atoms with Gasteiger partial charge in [0, 0.05) is 36.5 Å². The van der Waals surface area contributed by atoms with E-state index in [1.165, 1.54) is 0 Å². The highest BCUT2D eigenvalue weighted by Crippen LogP contribution is 2.23. The van der Waals surface area contributed by atoms with Crippen LogP contribution in [0.2, 0.25) is 0 Å². The molecule has 1 N–H and O–H groups in total. The zero-order valence-corrected chi connectivity index (χ0v) is 8.59. The van der Waals surface area contributed by atoms with E-state index in [1.54, 1.807) is 12.1 Å². The predicted molar refractivity (Wildman–Crippen MR) is 59.4 cm³/mol. The van der Waals surface area contributed by atoms with Crippen LogP contribution >= 0.6 is 12.1 Å². The summed E-state index contributed by atoms with van der Waals surface area (Å²) in [6, 6.07) is 7.64. The van der Waals surface area contributed by atoms with Gasteiger partial charge in [-0.3, -0.25) is 4.79 Å². The molecule has 1 fully saturated rings. The van der Waals surface area contributed by atoms with Crippen LogP contribution in [-0.2, 0) is 0 Å². The molecule has 0 bridgehead atoms. The lowest BCUT2D eigenvalue weighted by Gasteiger charge is -2.27. The van der Waals surface area contributed by atoms with Gasteiger partial charge in [-0.2, -0.15) is 0 Å². The minimum absolute atomic E-state index is 0.726. The molecule has 2 rings (SSSR count). The lowest BCUT2D eigenvalue weighted by atomic mass is 10.2. The van der Waals surface area contributed by atoms with Gasteiger partial charge in [0.05, 0.1) is 0 Å². The van der Waals surface area contributed by atoms with E-state index >= 15 is 0 Å². The summed E-state index contributed by atoms with van der Waals surface area (Å²) in [5.41, 5.74) is 1.87. The van der Waals surface area contributed by atoms with Crippen molar-refractivity contribution in [2.75, 3.05) is 17.4 Å². The number of nitrogens with one attached hydrogen (secondary N) is 1. The Bertz CT molecular complexity index is 306. The summed E-state index contributed by atoms with van der Waals surface area (Å²) in [6.45, 7) is 2.12. The van der Waals surface area contributed by atoms with Crippen LogP contribution in [0.5, 0.6) is 0 Å². The molecule has 74 valence electrons. The van der Waals surface area contributed by atoms with Gasteiger partial charge in [-0.1, -0.05) is 0 Å². The summed E-state index contributed by atoms with van der Waals surface area (Å²) in [6.07, 6.45) is 2.02. The first-order chi connectivity index (χ1) is 6.90. The molecule has 1 aromatic carbocycles. The minimum Gasteiger partial charge on any atom is -0.303 e. The largest absolute Gasteiger partial charge is 0.303 e. The van der Waals surface area contributed by atoms with Crippen molar-refractivity contribution in [1.82, 2.24) is 4.72 Å². The minimum atomic E-state index is 0.726. The highest BCUT2D eigenvalue weighted by Gasteiger charge is 2.10. The highest BCUT2D eigenvalue weighted by atomic mass is 32.2. The van der Waals surface area contributed by atoms with Crippen molar-refractivity contribution >= 4 is 24.1 Å². The Labute approximate surface area is 87.8 Å². The summed E-state index contributed by atoms with van der Waals surface area (Å²) in [7, 11) is 0. The van der Waals surface area contributed by atoms with Gasteiger partial charge in [0.1, 0.15) is 6.29 Å². The number of benzene rings is 1. The number of carbonyl (C=O) groups excluding carboxylic acids is 1. The first-order valence-electron chi connectivity index (χ1n) is 4.63. The van der Waals surface area contributed by atoms with Crippen molar-refractivity contribution in [1.29, 1.82) is 0 Å². The Morgan fingerprint density at radius 3 is 2.71 bits per heavy atom. The van der Waals surface area contributed by atoms with Gasteiger partial charge >= 0.3 is 0 Å². The first-order valence-corrected chi connectivity index (χ1v) is 5.40. The summed E-state index contributed by atoms with van der Waals surface area (Å²) < 4.78 is 5.43. The van der Waals surface area contributed by atoms with Gasteiger partial charge in [0.25, 0.3) is 0 Å². The van der Waals surface area contributed by atoms with E-state index in [-0.39, 0.29) is 0 Å². The van der Waals surface area contributed by atoms with Crippen LogP contribution in [0.3, 0.4) is 0 Å². The highest BCUT2D eigenvalue weighted by molar-refractivity contribution is 7.98. The summed E-state index contributed by atoms with van der Waals surface area (Å²) in [4.78, 5) is 10.5. The molecule has 3 nitrogen and oxygen atoms in total. The number of hydrogen-bond donors (Lipinski definition) is 1. The van der Waals surface area contributed by atoms with Crippen molar-refractivity contribution < 1.29 is 4.79 Å². The molecule has 0 atom stereocenters. The number of rotatable bonds is 2. The molecule has 0 unspecified atom stereocenters. The molecule has 0 radical (unpaired) electrons. The zero-order valence-electron chi connectivity index (χ0n) is 7.77. The second-order valence-corrected chi connectivity index (χ2v) is 4.06. The van der Waals surface area contributed by atoms with Crippen LogP contribution in [-0.4, -0.2) is 19.4 Å². The molecule has 1 heterocycles. The van der Waals surface area contributed by atoms with E-state index in [0.717, 1.165) is 37.0 Å². The van der Waals surface area contributed by atoms with Gasteiger partial charge in [-0.25, -0.2) is 4.72 Å². The van der Waals surface area contributed by atoms with E-state index in [2.05, 4.69) is 9.03 Å². The fourth-order valence-corrected chi connectivity index (χ4v) is 2.20. The molecule has 1 saturated heterocycles.